The highest BCUT2D eigenvalue weighted by molar-refractivity contribution is 6.31. The lowest BCUT2D eigenvalue weighted by atomic mass is 10.2. The van der Waals surface area contributed by atoms with Crippen LogP contribution >= 0.6 is 23.2 Å². The molecule has 0 aliphatic heterocycles. The van der Waals surface area contributed by atoms with Gasteiger partial charge in [-0.3, -0.25) is 4.98 Å². The van der Waals surface area contributed by atoms with Crippen molar-refractivity contribution in [2.75, 3.05) is 0 Å². The first-order chi connectivity index (χ1) is 13.0. The van der Waals surface area contributed by atoms with Crippen molar-refractivity contribution in [1.82, 2.24) is 14.8 Å². The Kier molecular flexibility index (Phi) is 6.27. The second-order valence-corrected chi connectivity index (χ2v) is 6.63. The Balaban J connectivity index is 1.65. The molecule has 3 rings (SSSR count). The van der Waals surface area contributed by atoms with Crippen molar-refractivity contribution in [3.05, 3.63) is 87.4 Å². The molecule has 0 fully saturated rings. The van der Waals surface area contributed by atoms with Gasteiger partial charge in [0.1, 0.15) is 11.8 Å². The lowest BCUT2D eigenvalue weighted by Crippen LogP contribution is -2.02. The summed E-state index contributed by atoms with van der Waals surface area (Å²) in [6.07, 6.45) is 4.60. The monoisotopic (exact) mass is 401 g/mol. The fraction of sp³-hybridized carbons (Fsp3) is 0.150. The quantitative estimate of drug-likeness (QED) is 0.443. The molecule has 5 nitrogen and oxygen atoms in total. The van der Waals surface area contributed by atoms with Gasteiger partial charge in [0.2, 0.25) is 0 Å². The number of hydrogen-bond donors (Lipinski definition) is 0. The Labute approximate surface area is 167 Å². The van der Waals surface area contributed by atoms with Gasteiger partial charge in [0, 0.05) is 22.9 Å². The summed E-state index contributed by atoms with van der Waals surface area (Å²) < 4.78 is 6.85. The zero-order chi connectivity index (χ0) is 19.2. The van der Waals surface area contributed by atoms with E-state index < -0.39 is 5.97 Å². The molecule has 0 bridgehead atoms. The van der Waals surface area contributed by atoms with Crippen LogP contribution in [0.2, 0.25) is 10.2 Å². The number of esters is 1. The summed E-state index contributed by atoms with van der Waals surface area (Å²) in [6, 6.07) is 12.9. The number of carbonyl (C=O) groups is 1. The van der Waals surface area contributed by atoms with Crippen LogP contribution in [0.3, 0.4) is 0 Å². The number of carbonyl (C=O) groups excluding carboxylic acids is 1. The van der Waals surface area contributed by atoms with Gasteiger partial charge in [0.15, 0.2) is 0 Å². The highest BCUT2D eigenvalue weighted by atomic mass is 35.5. The van der Waals surface area contributed by atoms with Crippen molar-refractivity contribution in [3.8, 4) is 0 Å². The van der Waals surface area contributed by atoms with E-state index in [0.29, 0.717) is 28.0 Å². The maximum Gasteiger partial charge on any atom is 0.331 e. The van der Waals surface area contributed by atoms with E-state index in [2.05, 4.69) is 10.1 Å². The zero-order valence-electron chi connectivity index (χ0n) is 14.6. The van der Waals surface area contributed by atoms with Crippen molar-refractivity contribution >= 4 is 35.2 Å². The minimum absolute atomic E-state index is 0.118. The van der Waals surface area contributed by atoms with E-state index in [1.54, 1.807) is 29.1 Å². The average Bonchev–Trinajstić information content (AvgIpc) is 2.94. The fourth-order valence-corrected chi connectivity index (χ4v) is 2.88. The maximum absolute atomic E-state index is 11.9. The lowest BCUT2D eigenvalue weighted by molar-refractivity contribution is -0.139. The molecule has 0 saturated carbocycles. The van der Waals surface area contributed by atoms with Crippen LogP contribution in [0.4, 0.5) is 0 Å². The second kappa shape index (κ2) is 8.84. The van der Waals surface area contributed by atoms with Crippen LogP contribution in [0, 0.1) is 6.92 Å². The van der Waals surface area contributed by atoms with Crippen LogP contribution in [0.15, 0.2) is 54.7 Å². The van der Waals surface area contributed by atoms with Gasteiger partial charge < -0.3 is 4.74 Å². The van der Waals surface area contributed by atoms with Crippen molar-refractivity contribution < 1.29 is 9.53 Å². The molecule has 0 N–H and O–H groups in total. The third kappa shape index (κ3) is 5.18. The Morgan fingerprint density at radius 1 is 1.19 bits per heavy atom. The Morgan fingerprint density at radius 3 is 2.67 bits per heavy atom. The summed E-state index contributed by atoms with van der Waals surface area (Å²) in [4.78, 5) is 16.0. The molecule has 0 radical (unpaired) electrons. The third-order valence-corrected chi connectivity index (χ3v) is 4.48. The van der Waals surface area contributed by atoms with Gasteiger partial charge in [0.25, 0.3) is 0 Å². The van der Waals surface area contributed by atoms with E-state index in [1.807, 2.05) is 37.3 Å². The van der Waals surface area contributed by atoms with E-state index in [0.717, 1.165) is 11.3 Å². The lowest BCUT2D eigenvalue weighted by Gasteiger charge is -2.04. The minimum Gasteiger partial charge on any atom is -0.456 e. The van der Waals surface area contributed by atoms with Gasteiger partial charge in [-0.05, 0) is 42.8 Å². The molecular formula is C20H17Cl2N3O2. The van der Waals surface area contributed by atoms with E-state index in [4.69, 9.17) is 27.9 Å². The average molecular weight is 402 g/mol. The van der Waals surface area contributed by atoms with Crippen molar-refractivity contribution in [3.63, 3.8) is 0 Å². The molecule has 2 heterocycles. The second-order valence-electron chi connectivity index (χ2n) is 5.84. The molecule has 138 valence electrons. The summed E-state index contributed by atoms with van der Waals surface area (Å²) in [5, 5.41) is 5.57. The van der Waals surface area contributed by atoms with Gasteiger partial charge >= 0.3 is 5.97 Å². The number of aromatic nitrogens is 3. The predicted octanol–water partition coefficient (Wildman–Crippen LogP) is 4.70. The molecule has 0 unspecified atom stereocenters. The van der Waals surface area contributed by atoms with Gasteiger partial charge in [-0.1, -0.05) is 41.4 Å². The molecular weight excluding hydrogens is 385 g/mol. The topological polar surface area (TPSA) is 57.0 Å². The summed E-state index contributed by atoms with van der Waals surface area (Å²) in [7, 11) is 0. The summed E-state index contributed by atoms with van der Waals surface area (Å²) >= 11 is 12.3. The summed E-state index contributed by atoms with van der Waals surface area (Å²) in [5.41, 5.74) is 3.11. The van der Waals surface area contributed by atoms with Crippen molar-refractivity contribution in [1.29, 1.82) is 0 Å². The van der Waals surface area contributed by atoms with Crippen LogP contribution in [0.5, 0.6) is 0 Å². The molecule has 27 heavy (non-hydrogen) atoms. The highest BCUT2D eigenvalue weighted by Crippen LogP contribution is 2.22. The van der Waals surface area contributed by atoms with Gasteiger partial charge in [-0.15, -0.1) is 0 Å². The number of aryl methyl sites for hydroxylation is 1. The smallest absolute Gasteiger partial charge is 0.331 e. The number of rotatable bonds is 6. The molecule has 0 amide bonds. The van der Waals surface area contributed by atoms with Crippen LogP contribution in [0.25, 0.3) is 6.08 Å². The van der Waals surface area contributed by atoms with Crippen molar-refractivity contribution in [2.45, 2.75) is 20.1 Å². The molecule has 0 atom stereocenters. The first-order valence-corrected chi connectivity index (χ1v) is 9.00. The number of ether oxygens (including phenoxy) is 1. The highest BCUT2D eigenvalue weighted by Gasteiger charge is 2.12. The molecule has 1 aromatic carbocycles. The fourth-order valence-electron chi connectivity index (χ4n) is 2.45. The number of hydrogen-bond acceptors (Lipinski definition) is 4. The predicted molar refractivity (Wildman–Crippen MR) is 106 cm³/mol. The number of benzene rings is 1. The summed E-state index contributed by atoms with van der Waals surface area (Å²) in [6.45, 7) is 2.46. The molecule has 2 aromatic heterocycles. The van der Waals surface area contributed by atoms with Crippen LogP contribution < -0.4 is 0 Å². The van der Waals surface area contributed by atoms with E-state index in [9.17, 15) is 4.79 Å². The molecule has 0 spiro atoms. The Bertz CT molecular complexity index is 951. The normalized spacial score (nSPS) is 11.1. The maximum atomic E-state index is 11.9. The van der Waals surface area contributed by atoms with Gasteiger partial charge in [0.05, 0.1) is 17.9 Å². The standard InChI is InChI=1S/C20H17Cl2N3O2/c1-14-18(9-10-19(26)27-13-17-4-2-3-11-23-17)20(22)25(24-14)12-15-5-7-16(21)8-6-15/h2-11H,12-13H2,1H3/b10-9+. The largest absolute Gasteiger partial charge is 0.456 e. The first kappa shape index (κ1) is 19.1. The number of nitrogens with zero attached hydrogens (tertiary/aromatic N) is 3. The molecule has 0 aliphatic carbocycles. The van der Waals surface area contributed by atoms with Crippen molar-refractivity contribution in [2.24, 2.45) is 0 Å². The van der Waals surface area contributed by atoms with E-state index >= 15 is 0 Å². The van der Waals surface area contributed by atoms with Gasteiger partial charge in [-0.2, -0.15) is 5.10 Å². The minimum atomic E-state index is -0.471. The number of pyridine rings is 1. The molecule has 0 aliphatic rings. The van der Waals surface area contributed by atoms with E-state index in [-0.39, 0.29) is 6.61 Å². The van der Waals surface area contributed by atoms with E-state index in [1.165, 1.54) is 6.08 Å². The molecule has 3 aromatic rings. The SMILES string of the molecule is Cc1nn(Cc2ccc(Cl)cc2)c(Cl)c1/C=C/C(=O)OCc1ccccn1. The Hall–Kier alpha value is -2.63. The van der Waals surface area contributed by atoms with Crippen LogP contribution in [-0.4, -0.2) is 20.7 Å². The van der Waals surface area contributed by atoms with Gasteiger partial charge in [-0.25, -0.2) is 9.48 Å². The molecule has 0 saturated heterocycles. The molecule has 7 heteroatoms. The Morgan fingerprint density at radius 2 is 1.96 bits per heavy atom. The number of halogens is 2. The van der Waals surface area contributed by atoms with Crippen LogP contribution in [-0.2, 0) is 22.7 Å². The first-order valence-electron chi connectivity index (χ1n) is 8.25. The summed E-state index contributed by atoms with van der Waals surface area (Å²) in [5.74, 6) is -0.471. The zero-order valence-corrected chi connectivity index (χ0v) is 16.1. The third-order valence-electron chi connectivity index (χ3n) is 3.83. The van der Waals surface area contributed by atoms with Crippen LogP contribution in [0.1, 0.15) is 22.5 Å².